The van der Waals surface area contributed by atoms with Crippen LogP contribution in [0.1, 0.15) is 16.8 Å². The van der Waals surface area contributed by atoms with Crippen molar-refractivity contribution in [3.8, 4) is 17.4 Å². The van der Waals surface area contributed by atoms with Gasteiger partial charge in [-0.05, 0) is 36.4 Å². The molecule has 1 unspecified atom stereocenters. The first-order valence-corrected chi connectivity index (χ1v) is 10.4. The summed E-state index contributed by atoms with van der Waals surface area (Å²) in [6, 6.07) is 28.7. The van der Waals surface area contributed by atoms with Crippen LogP contribution < -0.4 is 9.47 Å². The zero-order valence-corrected chi connectivity index (χ0v) is 17.0. The molecule has 0 saturated carbocycles. The zero-order valence-electron chi connectivity index (χ0n) is 17.0. The molecular formula is C26H22N2O3. The third-order valence-corrected chi connectivity index (χ3v) is 5.38. The molecule has 154 valence electrons. The Morgan fingerprint density at radius 2 is 1.65 bits per heavy atom. The van der Waals surface area contributed by atoms with Gasteiger partial charge in [-0.25, -0.2) is 4.98 Å². The van der Waals surface area contributed by atoms with E-state index < -0.39 is 0 Å². The second-order valence-corrected chi connectivity index (χ2v) is 7.53. The molecule has 1 aliphatic heterocycles. The third kappa shape index (κ3) is 4.21. The van der Waals surface area contributed by atoms with E-state index >= 15 is 0 Å². The molecule has 2 heterocycles. The molecule has 1 aliphatic rings. The molecule has 31 heavy (non-hydrogen) atoms. The number of nitrogens with zero attached hydrogens (tertiary/aromatic N) is 2. The number of fused-ring (bicyclic) bond motifs is 1. The summed E-state index contributed by atoms with van der Waals surface area (Å²) >= 11 is 0. The lowest BCUT2D eigenvalue weighted by molar-refractivity contribution is 0.0768. The van der Waals surface area contributed by atoms with Crippen molar-refractivity contribution in [2.45, 2.75) is 12.5 Å². The summed E-state index contributed by atoms with van der Waals surface area (Å²) in [4.78, 5) is 19.6. The number of hydrogen-bond acceptors (Lipinski definition) is 4. The molecular weight excluding hydrogens is 388 g/mol. The van der Waals surface area contributed by atoms with Crippen molar-refractivity contribution in [3.63, 3.8) is 0 Å². The van der Waals surface area contributed by atoms with Crippen molar-refractivity contribution >= 4 is 16.8 Å². The third-order valence-electron chi connectivity index (χ3n) is 5.38. The predicted molar refractivity (Wildman–Crippen MR) is 120 cm³/mol. The second-order valence-electron chi connectivity index (χ2n) is 7.53. The Labute approximate surface area is 180 Å². The van der Waals surface area contributed by atoms with Crippen LogP contribution >= 0.6 is 0 Å². The molecule has 0 N–H and O–H groups in total. The zero-order chi connectivity index (χ0) is 21.0. The monoisotopic (exact) mass is 410 g/mol. The van der Waals surface area contributed by atoms with Crippen LogP contribution in [-0.4, -0.2) is 35.0 Å². The molecule has 1 fully saturated rings. The highest BCUT2D eigenvalue weighted by atomic mass is 16.5. The first kappa shape index (κ1) is 19.1. The average molecular weight is 410 g/mol. The minimum absolute atomic E-state index is 0.0518. The van der Waals surface area contributed by atoms with Gasteiger partial charge < -0.3 is 14.4 Å². The van der Waals surface area contributed by atoms with Crippen LogP contribution in [0.4, 0.5) is 0 Å². The molecule has 5 heteroatoms. The minimum Gasteiger partial charge on any atom is -0.472 e. The molecule has 0 bridgehead atoms. The summed E-state index contributed by atoms with van der Waals surface area (Å²) in [5.74, 6) is 1.79. The fourth-order valence-corrected chi connectivity index (χ4v) is 3.81. The van der Waals surface area contributed by atoms with E-state index in [9.17, 15) is 4.79 Å². The summed E-state index contributed by atoms with van der Waals surface area (Å²) in [5, 5.41) is 1.08. The summed E-state index contributed by atoms with van der Waals surface area (Å²) in [7, 11) is 0. The van der Waals surface area contributed by atoms with Gasteiger partial charge in [-0.15, -0.1) is 0 Å². The number of aromatic nitrogens is 1. The molecule has 5 nitrogen and oxygen atoms in total. The maximum Gasteiger partial charge on any atom is 0.257 e. The van der Waals surface area contributed by atoms with Gasteiger partial charge in [-0.3, -0.25) is 4.79 Å². The van der Waals surface area contributed by atoms with E-state index in [2.05, 4.69) is 4.98 Å². The molecule has 0 radical (unpaired) electrons. The number of carbonyl (C=O) groups excluding carboxylic acids is 1. The lowest BCUT2D eigenvalue weighted by atomic mass is 10.1. The van der Waals surface area contributed by atoms with E-state index in [0.717, 1.165) is 17.3 Å². The van der Waals surface area contributed by atoms with Crippen molar-refractivity contribution in [1.29, 1.82) is 0 Å². The van der Waals surface area contributed by atoms with Crippen LogP contribution in [0, 0.1) is 0 Å². The van der Waals surface area contributed by atoms with Gasteiger partial charge >= 0.3 is 0 Å². The van der Waals surface area contributed by atoms with Crippen molar-refractivity contribution in [1.82, 2.24) is 9.88 Å². The smallest absolute Gasteiger partial charge is 0.257 e. The van der Waals surface area contributed by atoms with Gasteiger partial charge in [0.05, 0.1) is 17.6 Å². The SMILES string of the molecule is O=C(c1ccccc1Oc1ccccc1)N1CCC(Oc2ccc3ccccc3n2)C1. The van der Waals surface area contributed by atoms with Crippen molar-refractivity contribution in [2.24, 2.45) is 0 Å². The summed E-state index contributed by atoms with van der Waals surface area (Å²) in [5.41, 5.74) is 1.45. The van der Waals surface area contributed by atoms with Crippen molar-refractivity contribution in [3.05, 3.63) is 96.6 Å². The van der Waals surface area contributed by atoms with Crippen LogP contribution in [0.5, 0.6) is 17.4 Å². The van der Waals surface area contributed by atoms with Crippen LogP contribution in [0.25, 0.3) is 10.9 Å². The minimum atomic E-state index is -0.0835. The highest BCUT2D eigenvalue weighted by Crippen LogP contribution is 2.28. The Balaban J connectivity index is 1.28. The van der Waals surface area contributed by atoms with Crippen LogP contribution in [0.2, 0.25) is 0 Å². The fraction of sp³-hybridized carbons (Fsp3) is 0.154. The summed E-state index contributed by atoms with van der Waals surface area (Å²) < 4.78 is 12.1. The first-order valence-electron chi connectivity index (χ1n) is 10.4. The van der Waals surface area contributed by atoms with Gasteiger partial charge in [0, 0.05) is 24.4 Å². The lowest BCUT2D eigenvalue weighted by Crippen LogP contribution is -2.31. The summed E-state index contributed by atoms with van der Waals surface area (Å²) in [6.07, 6.45) is 0.682. The Bertz CT molecular complexity index is 1210. The standard InChI is InChI=1S/C26H22N2O3/c29-26(22-11-5-7-13-24(22)30-20-9-2-1-3-10-20)28-17-16-21(18-28)31-25-15-14-19-8-4-6-12-23(19)27-25/h1-15,21H,16-18H2. The number of amides is 1. The molecule has 1 amide bonds. The highest BCUT2D eigenvalue weighted by molar-refractivity contribution is 5.97. The van der Waals surface area contributed by atoms with Gasteiger partial charge in [0.15, 0.2) is 0 Å². The molecule has 1 saturated heterocycles. The van der Waals surface area contributed by atoms with E-state index in [1.165, 1.54) is 0 Å². The normalized spacial score (nSPS) is 15.7. The molecule has 5 rings (SSSR count). The topological polar surface area (TPSA) is 51.7 Å². The predicted octanol–water partition coefficient (Wildman–Crippen LogP) is 5.32. The van der Waals surface area contributed by atoms with Crippen molar-refractivity contribution < 1.29 is 14.3 Å². The number of ether oxygens (including phenoxy) is 2. The fourth-order valence-electron chi connectivity index (χ4n) is 3.81. The van der Waals surface area contributed by atoms with Crippen LogP contribution in [0.15, 0.2) is 91.0 Å². The Kier molecular flexibility index (Phi) is 5.23. The van der Waals surface area contributed by atoms with E-state index in [0.29, 0.717) is 36.0 Å². The molecule has 1 aromatic heterocycles. The maximum absolute atomic E-state index is 13.2. The number of benzene rings is 3. The second kappa shape index (κ2) is 8.48. The number of pyridine rings is 1. The van der Waals surface area contributed by atoms with Crippen molar-refractivity contribution in [2.75, 3.05) is 13.1 Å². The molecule has 4 aromatic rings. The van der Waals surface area contributed by atoms with E-state index in [-0.39, 0.29) is 12.0 Å². The maximum atomic E-state index is 13.2. The van der Waals surface area contributed by atoms with Gasteiger partial charge in [-0.1, -0.05) is 48.5 Å². The Morgan fingerprint density at radius 1 is 0.871 bits per heavy atom. The number of likely N-dealkylation sites (tertiary alicyclic amines) is 1. The number of rotatable bonds is 5. The molecule has 0 spiro atoms. The molecule has 0 aliphatic carbocycles. The summed E-state index contributed by atoms with van der Waals surface area (Å²) in [6.45, 7) is 1.16. The average Bonchev–Trinajstić information content (AvgIpc) is 3.28. The van der Waals surface area contributed by atoms with E-state index in [1.54, 1.807) is 6.07 Å². The van der Waals surface area contributed by atoms with Gasteiger partial charge in [0.25, 0.3) is 5.91 Å². The van der Waals surface area contributed by atoms with E-state index in [4.69, 9.17) is 9.47 Å². The quantitative estimate of drug-likeness (QED) is 0.447. The van der Waals surface area contributed by atoms with E-state index in [1.807, 2.05) is 89.8 Å². The Hall–Kier alpha value is -3.86. The number of hydrogen-bond donors (Lipinski definition) is 0. The Morgan fingerprint density at radius 3 is 2.55 bits per heavy atom. The lowest BCUT2D eigenvalue weighted by Gasteiger charge is -2.19. The van der Waals surface area contributed by atoms with Gasteiger partial charge in [0.2, 0.25) is 5.88 Å². The van der Waals surface area contributed by atoms with Gasteiger partial charge in [0.1, 0.15) is 17.6 Å². The largest absolute Gasteiger partial charge is 0.472 e. The van der Waals surface area contributed by atoms with Gasteiger partial charge in [-0.2, -0.15) is 0 Å². The molecule has 1 atom stereocenters. The van der Waals surface area contributed by atoms with Crippen LogP contribution in [-0.2, 0) is 0 Å². The number of carbonyl (C=O) groups is 1. The van der Waals surface area contributed by atoms with Crippen LogP contribution in [0.3, 0.4) is 0 Å². The highest BCUT2D eigenvalue weighted by Gasteiger charge is 2.30. The number of para-hydroxylation sites is 3. The molecule has 3 aromatic carbocycles. The first-order chi connectivity index (χ1) is 15.3.